The number of nitrogens with zero attached hydrogens (tertiary/aromatic N) is 2. The van der Waals surface area contributed by atoms with Crippen LogP contribution in [-0.4, -0.2) is 15.2 Å². The molecular weight excluding hydrogens is 126 g/mol. The van der Waals surface area contributed by atoms with Gasteiger partial charge in [-0.1, -0.05) is 0 Å². The van der Waals surface area contributed by atoms with Gasteiger partial charge in [0, 0.05) is 11.1 Å². The van der Waals surface area contributed by atoms with Crippen LogP contribution in [0, 0.1) is 13.1 Å². The smallest absolute Gasteiger partial charge is 0.156 e. The number of hydrogen-bond donors (Lipinski definition) is 1. The Morgan fingerprint density at radius 1 is 1.50 bits per heavy atom. The van der Waals surface area contributed by atoms with E-state index in [1.54, 1.807) is 0 Å². The van der Waals surface area contributed by atoms with Gasteiger partial charge < -0.3 is 0 Å². The van der Waals surface area contributed by atoms with Crippen molar-refractivity contribution in [1.29, 1.82) is 0 Å². The lowest BCUT2D eigenvalue weighted by Gasteiger charge is -1.88. The maximum Gasteiger partial charge on any atom is 0.156 e. The van der Waals surface area contributed by atoms with E-state index < -0.39 is 0 Å². The van der Waals surface area contributed by atoms with E-state index in [1.165, 1.54) is 0 Å². The number of fused-ring (bicyclic) bond motifs is 1. The molecule has 2 heterocycles. The molecule has 3 nitrogen and oxygen atoms in total. The highest BCUT2D eigenvalue weighted by Crippen LogP contribution is 2.06. The topological polar surface area (TPSA) is 41.6 Å². The Balaban J connectivity index is 2.86. The highest BCUT2D eigenvalue weighted by Gasteiger charge is 1.94. The van der Waals surface area contributed by atoms with Crippen LogP contribution in [0.3, 0.4) is 0 Å². The molecule has 49 valence electrons. The first-order valence-corrected chi connectivity index (χ1v) is 3.06. The second-order valence-corrected chi connectivity index (χ2v) is 2.18. The summed E-state index contributed by atoms with van der Waals surface area (Å²) < 4.78 is 0. The fourth-order valence-electron chi connectivity index (χ4n) is 0.873. The maximum absolute atomic E-state index is 4.19. The third kappa shape index (κ3) is 0.673. The predicted molar refractivity (Wildman–Crippen MR) is 37.5 cm³/mol. The van der Waals surface area contributed by atoms with Gasteiger partial charge >= 0.3 is 0 Å². The molecule has 0 amide bonds. The van der Waals surface area contributed by atoms with Crippen molar-refractivity contribution >= 4 is 11.0 Å². The molecule has 0 spiro atoms. The molecule has 0 saturated carbocycles. The summed E-state index contributed by atoms with van der Waals surface area (Å²) in [7, 11) is 0. The van der Waals surface area contributed by atoms with Crippen LogP contribution >= 0.6 is 0 Å². The average Bonchev–Trinajstić information content (AvgIpc) is 2.33. The minimum Gasteiger partial charge on any atom is -0.260 e. The summed E-state index contributed by atoms with van der Waals surface area (Å²) in [5.41, 5.74) is 1.80. The number of nitrogens with one attached hydrogen (secondary N) is 1. The Morgan fingerprint density at radius 2 is 2.40 bits per heavy atom. The van der Waals surface area contributed by atoms with Crippen LogP contribution in [-0.2, 0) is 0 Å². The zero-order valence-corrected chi connectivity index (χ0v) is 5.55. The minimum atomic E-state index is 0.806. The number of aromatic amines is 1. The van der Waals surface area contributed by atoms with Crippen molar-refractivity contribution < 1.29 is 0 Å². The second-order valence-electron chi connectivity index (χ2n) is 2.18. The lowest BCUT2D eigenvalue weighted by Crippen LogP contribution is -1.79. The van der Waals surface area contributed by atoms with E-state index in [1.807, 2.05) is 19.1 Å². The predicted octanol–water partition coefficient (Wildman–Crippen LogP) is 1.07. The summed E-state index contributed by atoms with van der Waals surface area (Å²) in [5.74, 6) is 0. The quantitative estimate of drug-likeness (QED) is 0.582. The number of pyridine rings is 1. The van der Waals surface area contributed by atoms with E-state index in [4.69, 9.17) is 0 Å². The molecule has 2 rings (SSSR count). The molecule has 1 radical (unpaired) electrons. The van der Waals surface area contributed by atoms with Crippen molar-refractivity contribution in [2.45, 2.75) is 6.92 Å². The van der Waals surface area contributed by atoms with Crippen LogP contribution in [0.15, 0.2) is 12.1 Å². The molecule has 0 bridgehead atoms. The zero-order chi connectivity index (χ0) is 6.97. The van der Waals surface area contributed by atoms with E-state index in [2.05, 4.69) is 21.4 Å². The number of rotatable bonds is 0. The normalized spacial score (nSPS) is 10.5. The lowest BCUT2D eigenvalue weighted by molar-refractivity contribution is 1.08. The molecule has 0 saturated heterocycles. The Hall–Kier alpha value is -1.38. The van der Waals surface area contributed by atoms with E-state index in [9.17, 15) is 0 Å². The minimum absolute atomic E-state index is 0.806. The highest BCUT2D eigenvalue weighted by atomic mass is 15.1. The third-order valence-electron chi connectivity index (χ3n) is 1.37. The van der Waals surface area contributed by atoms with Gasteiger partial charge in [-0.05, 0) is 19.1 Å². The fraction of sp³-hybridized carbons (Fsp3) is 0.143. The Labute approximate surface area is 58.1 Å². The van der Waals surface area contributed by atoms with Crippen LogP contribution in [0.2, 0.25) is 0 Å². The van der Waals surface area contributed by atoms with Crippen LogP contribution < -0.4 is 0 Å². The van der Waals surface area contributed by atoms with Crippen molar-refractivity contribution in [3.05, 3.63) is 24.0 Å². The molecule has 10 heavy (non-hydrogen) atoms. The number of H-pyrrole nitrogens is 1. The molecule has 0 aliphatic heterocycles. The summed E-state index contributed by atoms with van der Waals surface area (Å²) in [6.45, 7) is 1.94. The molecule has 0 atom stereocenters. The molecule has 3 heteroatoms. The van der Waals surface area contributed by atoms with Gasteiger partial charge in [0.15, 0.2) is 5.65 Å². The molecule has 2 aromatic heterocycles. The van der Waals surface area contributed by atoms with Crippen molar-refractivity contribution in [3.63, 3.8) is 0 Å². The first-order valence-electron chi connectivity index (χ1n) is 3.06. The van der Waals surface area contributed by atoms with Crippen LogP contribution in [0.1, 0.15) is 5.69 Å². The van der Waals surface area contributed by atoms with E-state index >= 15 is 0 Å². The summed E-state index contributed by atoms with van der Waals surface area (Å²) in [6.07, 6.45) is 2.78. The number of aromatic nitrogens is 3. The van der Waals surface area contributed by atoms with Crippen molar-refractivity contribution in [3.8, 4) is 0 Å². The largest absolute Gasteiger partial charge is 0.260 e. The van der Waals surface area contributed by atoms with Crippen molar-refractivity contribution in [1.82, 2.24) is 15.2 Å². The summed E-state index contributed by atoms with van der Waals surface area (Å²) in [4.78, 5) is 4.19. The molecule has 0 aliphatic rings. The van der Waals surface area contributed by atoms with Gasteiger partial charge in [0.1, 0.15) is 6.20 Å². The Morgan fingerprint density at radius 3 is 3.30 bits per heavy atom. The highest BCUT2D eigenvalue weighted by molar-refractivity contribution is 5.72. The van der Waals surface area contributed by atoms with Crippen LogP contribution in [0.5, 0.6) is 0 Å². The lowest BCUT2D eigenvalue weighted by atomic mass is 10.3. The summed E-state index contributed by atoms with van der Waals surface area (Å²) >= 11 is 0. The first-order chi connectivity index (χ1) is 4.86. The molecule has 1 N–H and O–H groups in total. The number of aryl methyl sites for hydroxylation is 1. The summed E-state index contributed by atoms with van der Waals surface area (Å²) in [6, 6.07) is 3.88. The van der Waals surface area contributed by atoms with Gasteiger partial charge in [0.05, 0.1) is 0 Å². The summed E-state index contributed by atoms with van der Waals surface area (Å²) in [5, 5.41) is 7.41. The molecule has 2 aromatic rings. The zero-order valence-electron chi connectivity index (χ0n) is 5.55. The van der Waals surface area contributed by atoms with Gasteiger partial charge in [0.2, 0.25) is 0 Å². The number of hydrogen-bond acceptors (Lipinski definition) is 2. The van der Waals surface area contributed by atoms with Crippen molar-refractivity contribution in [2.75, 3.05) is 0 Å². The Bertz CT molecular complexity index is 350. The third-order valence-corrected chi connectivity index (χ3v) is 1.37. The first kappa shape index (κ1) is 5.41. The van der Waals surface area contributed by atoms with Crippen molar-refractivity contribution in [2.24, 2.45) is 0 Å². The molecule has 0 aliphatic carbocycles. The second kappa shape index (κ2) is 1.80. The van der Waals surface area contributed by atoms with Gasteiger partial charge in [0.25, 0.3) is 0 Å². The van der Waals surface area contributed by atoms with E-state index in [0.29, 0.717) is 0 Å². The SMILES string of the molecule is Cc1ccc2[c]n[nH]c2n1. The molecule has 0 aromatic carbocycles. The van der Waals surface area contributed by atoms with E-state index in [0.717, 1.165) is 16.7 Å². The molecule has 0 unspecified atom stereocenters. The van der Waals surface area contributed by atoms with Gasteiger partial charge in [-0.2, -0.15) is 5.10 Å². The van der Waals surface area contributed by atoms with Gasteiger partial charge in [-0.25, -0.2) is 4.98 Å². The standard InChI is InChI=1S/C7H6N3/c1-5-2-3-6-4-8-10-7(6)9-5/h2-3H,1H3,(H,8,9,10). The van der Waals surface area contributed by atoms with Crippen LogP contribution in [0.4, 0.5) is 0 Å². The monoisotopic (exact) mass is 132 g/mol. The van der Waals surface area contributed by atoms with Gasteiger partial charge in [-0.15, -0.1) is 0 Å². The fourth-order valence-corrected chi connectivity index (χ4v) is 0.873. The van der Waals surface area contributed by atoms with E-state index in [-0.39, 0.29) is 0 Å². The molecule has 0 fully saturated rings. The Kier molecular flexibility index (Phi) is 0.974. The molecular formula is C7H6N3. The maximum atomic E-state index is 4.19. The van der Waals surface area contributed by atoms with Crippen LogP contribution in [0.25, 0.3) is 11.0 Å². The van der Waals surface area contributed by atoms with Gasteiger partial charge in [-0.3, -0.25) is 5.10 Å². The average molecular weight is 132 g/mol.